The van der Waals surface area contributed by atoms with Gasteiger partial charge in [-0.05, 0) is 12.1 Å². The fraction of sp³-hybridized carbons (Fsp3) is 0.462. The largest absolute Gasteiger partial charge is 0.468 e. The Balaban J connectivity index is 2.00. The molecule has 0 atom stereocenters. The average Bonchev–Trinajstić information content (AvgIpc) is 2.91. The van der Waals surface area contributed by atoms with Gasteiger partial charge in [0.05, 0.1) is 12.0 Å². The Morgan fingerprint density at radius 1 is 1.33 bits per heavy atom. The van der Waals surface area contributed by atoms with E-state index < -0.39 is 21.7 Å². The van der Waals surface area contributed by atoms with Crippen molar-refractivity contribution < 1.29 is 17.9 Å². The van der Waals surface area contributed by atoms with Crippen molar-refractivity contribution in [1.82, 2.24) is 18.5 Å². The first-order valence-corrected chi connectivity index (χ1v) is 9.77. The summed E-state index contributed by atoms with van der Waals surface area (Å²) >= 11 is 1.71. The number of esters is 1. The Kier molecular flexibility index (Phi) is 4.65. The highest BCUT2D eigenvalue weighted by molar-refractivity contribution is 7.99. The summed E-state index contributed by atoms with van der Waals surface area (Å²) in [5.74, 6) is 0.885. The molecule has 0 aromatic carbocycles. The summed E-state index contributed by atoms with van der Waals surface area (Å²) in [4.78, 5) is 23.6. The van der Waals surface area contributed by atoms with Crippen LogP contribution >= 0.6 is 11.8 Å². The molecular weight excluding hydrogens is 356 g/mol. The Labute approximate surface area is 142 Å². The van der Waals surface area contributed by atoms with Crippen molar-refractivity contribution in [3.05, 3.63) is 28.8 Å². The predicted octanol–water partition coefficient (Wildman–Crippen LogP) is -0.593. The maximum absolute atomic E-state index is 12.7. The van der Waals surface area contributed by atoms with Crippen LogP contribution < -0.4 is 5.69 Å². The third kappa shape index (κ3) is 3.06. The fourth-order valence-corrected chi connectivity index (χ4v) is 4.95. The highest BCUT2D eigenvalue weighted by atomic mass is 32.2. The minimum Gasteiger partial charge on any atom is -0.468 e. The first kappa shape index (κ1) is 17.0. The molecule has 3 rings (SSSR count). The SMILES string of the molecule is COC(=O)Cn1nc2ccc(S(=O)(=O)N3CCSCC3)cn2c1=O. The number of pyridine rings is 1. The van der Waals surface area contributed by atoms with Crippen LogP contribution in [0.3, 0.4) is 0 Å². The zero-order valence-corrected chi connectivity index (χ0v) is 14.5. The molecule has 2 aromatic heterocycles. The molecule has 1 aliphatic heterocycles. The molecule has 130 valence electrons. The lowest BCUT2D eigenvalue weighted by Gasteiger charge is -2.25. The summed E-state index contributed by atoms with van der Waals surface area (Å²) in [6.45, 7) is 0.561. The lowest BCUT2D eigenvalue weighted by Crippen LogP contribution is -2.38. The number of carbonyl (C=O) groups excluding carboxylic acids is 1. The van der Waals surface area contributed by atoms with E-state index in [1.807, 2.05) is 0 Å². The van der Waals surface area contributed by atoms with E-state index in [9.17, 15) is 18.0 Å². The third-order valence-corrected chi connectivity index (χ3v) is 6.49. The number of aromatic nitrogens is 3. The second-order valence-electron chi connectivity index (χ2n) is 5.13. The molecule has 1 saturated heterocycles. The van der Waals surface area contributed by atoms with Crippen molar-refractivity contribution in [3.8, 4) is 0 Å². The molecule has 2 aromatic rings. The molecule has 3 heterocycles. The van der Waals surface area contributed by atoms with Gasteiger partial charge in [-0.2, -0.15) is 16.1 Å². The van der Waals surface area contributed by atoms with Crippen molar-refractivity contribution in [3.63, 3.8) is 0 Å². The van der Waals surface area contributed by atoms with E-state index >= 15 is 0 Å². The molecule has 0 radical (unpaired) electrons. The van der Waals surface area contributed by atoms with Crippen molar-refractivity contribution in [1.29, 1.82) is 0 Å². The van der Waals surface area contributed by atoms with Gasteiger partial charge in [-0.25, -0.2) is 22.3 Å². The van der Waals surface area contributed by atoms with Crippen LogP contribution in [-0.4, -0.2) is 64.6 Å². The van der Waals surface area contributed by atoms with Crippen molar-refractivity contribution >= 4 is 33.4 Å². The number of thioether (sulfide) groups is 1. The van der Waals surface area contributed by atoms with Gasteiger partial charge in [0.15, 0.2) is 5.65 Å². The van der Waals surface area contributed by atoms with E-state index in [1.54, 1.807) is 11.8 Å². The topological polar surface area (TPSA) is 103 Å². The quantitative estimate of drug-likeness (QED) is 0.661. The van der Waals surface area contributed by atoms with Gasteiger partial charge in [-0.3, -0.25) is 4.79 Å². The van der Waals surface area contributed by atoms with E-state index in [0.717, 1.165) is 20.6 Å². The van der Waals surface area contributed by atoms with Crippen LogP contribution in [0.4, 0.5) is 0 Å². The molecule has 0 aliphatic carbocycles. The van der Waals surface area contributed by atoms with Gasteiger partial charge in [-0.15, -0.1) is 5.10 Å². The average molecular weight is 372 g/mol. The standard InChI is InChI=1S/C13H16N4O5S2/c1-22-12(18)9-17-13(19)16-8-10(2-3-11(16)14-17)24(20,21)15-4-6-23-7-5-15/h2-3,8H,4-7,9H2,1H3. The number of hydrogen-bond acceptors (Lipinski definition) is 7. The number of fused-ring (bicyclic) bond motifs is 1. The van der Waals surface area contributed by atoms with Crippen LogP contribution in [0.1, 0.15) is 0 Å². The lowest BCUT2D eigenvalue weighted by molar-refractivity contribution is -0.141. The number of carbonyl (C=O) groups is 1. The van der Waals surface area contributed by atoms with Gasteiger partial charge >= 0.3 is 11.7 Å². The summed E-state index contributed by atoms with van der Waals surface area (Å²) < 4.78 is 33.3. The molecular formula is C13H16N4O5S2. The molecule has 24 heavy (non-hydrogen) atoms. The van der Waals surface area contributed by atoms with Crippen molar-refractivity contribution in [2.45, 2.75) is 11.4 Å². The third-order valence-electron chi connectivity index (χ3n) is 3.66. The maximum Gasteiger partial charge on any atom is 0.350 e. The Hall–Kier alpha value is -1.85. The van der Waals surface area contributed by atoms with Gasteiger partial charge in [0.1, 0.15) is 6.54 Å². The molecule has 11 heteroatoms. The van der Waals surface area contributed by atoms with Crippen molar-refractivity contribution in [2.75, 3.05) is 31.7 Å². The van der Waals surface area contributed by atoms with Gasteiger partial charge in [0.25, 0.3) is 0 Å². The zero-order chi connectivity index (χ0) is 17.3. The summed E-state index contributed by atoms with van der Waals surface area (Å²) in [7, 11) is -2.44. The van der Waals surface area contributed by atoms with Crippen LogP contribution in [0.15, 0.2) is 28.0 Å². The van der Waals surface area contributed by atoms with Crippen LogP contribution in [0.2, 0.25) is 0 Å². The van der Waals surface area contributed by atoms with E-state index in [0.29, 0.717) is 13.1 Å². The van der Waals surface area contributed by atoms with Gasteiger partial charge in [-0.1, -0.05) is 0 Å². The lowest BCUT2D eigenvalue weighted by atomic mass is 10.5. The second-order valence-corrected chi connectivity index (χ2v) is 8.29. The zero-order valence-electron chi connectivity index (χ0n) is 12.9. The number of methoxy groups -OCH3 is 1. The van der Waals surface area contributed by atoms with Crippen LogP contribution in [0.25, 0.3) is 5.65 Å². The van der Waals surface area contributed by atoms with Gasteiger partial charge in [0.2, 0.25) is 10.0 Å². The van der Waals surface area contributed by atoms with Crippen LogP contribution in [0.5, 0.6) is 0 Å². The molecule has 0 N–H and O–H groups in total. The summed E-state index contributed by atoms with van der Waals surface area (Å²) in [6, 6.07) is 2.86. The molecule has 0 amide bonds. The number of nitrogens with zero attached hydrogens (tertiary/aromatic N) is 4. The molecule has 1 aliphatic rings. The highest BCUT2D eigenvalue weighted by Crippen LogP contribution is 2.20. The normalized spacial score (nSPS) is 16.4. The van der Waals surface area contributed by atoms with Crippen LogP contribution in [-0.2, 0) is 26.1 Å². The first-order chi connectivity index (χ1) is 11.4. The van der Waals surface area contributed by atoms with Gasteiger partial charge in [0, 0.05) is 30.8 Å². The molecule has 0 spiro atoms. The monoisotopic (exact) mass is 372 g/mol. The number of hydrogen-bond donors (Lipinski definition) is 0. The van der Waals surface area contributed by atoms with Gasteiger partial charge < -0.3 is 4.74 Å². The highest BCUT2D eigenvalue weighted by Gasteiger charge is 2.27. The maximum atomic E-state index is 12.7. The summed E-state index contributed by atoms with van der Waals surface area (Å²) in [6.07, 6.45) is 1.25. The molecule has 0 bridgehead atoms. The summed E-state index contributed by atoms with van der Waals surface area (Å²) in [5.41, 5.74) is -0.335. The van der Waals surface area contributed by atoms with E-state index in [1.165, 1.54) is 29.7 Å². The minimum absolute atomic E-state index is 0.0293. The first-order valence-electron chi connectivity index (χ1n) is 7.17. The van der Waals surface area contributed by atoms with Crippen molar-refractivity contribution in [2.24, 2.45) is 0 Å². The number of rotatable bonds is 4. The number of ether oxygens (including phenoxy) is 1. The smallest absolute Gasteiger partial charge is 0.350 e. The Morgan fingerprint density at radius 3 is 2.71 bits per heavy atom. The van der Waals surface area contributed by atoms with Crippen LogP contribution in [0, 0.1) is 0 Å². The minimum atomic E-state index is -3.66. The Bertz CT molecular complexity index is 927. The molecule has 0 saturated carbocycles. The number of sulfonamides is 1. The fourth-order valence-electron chi connectivity index (χ4n) is 2.38. The van der Waals surface area contributed by atoms with E-state index in [-0.39, 0.29) is 17.1 Å². The summed E-state index contributed by atoms with van der Waals surface area (Å²) in [5, 5.41) is 3.99. The molecule has 1 fully saturated rings. The van der Waals surface area contributed by atoms with E-state index in [4.69, 9.17) is 0 Å². The second kappa shape index (κ2) is 6.57. The molecule has 0 unspecified atom stereocenters. The van der Waals surface area contributed by atoms with E-state index in [2.05, 4.69) is 9.84 Å². The Morgan fingerprint density at radius 2 is 2.04 bits per heavy atom. The molecule has 9 nitrogen and oxygen atoms in total. The predicted molar refractivity (Wildman–Crippen MR) is 87.6 cm³/mol.